The fourth-order valence-electron chi connectivity index (χ4n) is 2.70. The second-order valence-corrected chi connectivity index (χ2v) is 6.56. The van der Waals surface area contributed by atoms with Crippen molar-refractivity contribution in [1.82, 2.24) is 31.2 Å². The van der Waals surface area contributed by atoms with Crippen molar-refractivity contribution in [3.05, 3.63) is 60.2 Å². The Morgan fingerprint density at radius 2 is 0.926 bits per heavy atom. The fourth-order valence-corrected chi connectivity index (χ4v) is 2.70. The maximum atomic E-state index is 4.30. The van der Waals surface area contributed by atoms with Gasteiger partial charge >= 0.3 is 0 Å². The molecule has 0 saturated carbocycles. The molecule has 0 aromatic carbocycles. The van der Waals surface area contributed by atoms with Gasteiger partial charge in [0.1, 0.15) is 0 Å². The minimum absolute atomic E-state index is 0.849. The van der Waals surface area contributed by atoms with Crippen molar-refractivity contribution in [2.24, 2.45) is 0 Å². The Morgan fingerprint density at radius 3 is 1.30 bits per heavy atom. The molecule has 0 atom stereocenters. The van der Waals surface area contributed by atoms with Crippen molar-refractivity contribution in [3.63, 3.8) is 0 Å². The van der Waals surface area contributed by atoms with Crippen LogP contribution in [0.4, 0.5) is 0 Å². The van der Waals surface area contributed by atoms with Gasteiger partial charge in [-0.1, -0.05) is 12.1 Å². The number of pyridine rings is 2. The molecular formula is C21H34N6. The molecule has 0 spiro atoms. The molecule has 0 unspecified atom stereocenters. The fraction of sp³-hybridized carbons (Fsp3) is 0.524. The molecule has 0 amide bonds. The van der Waals surface area contributed by atoms with Crippen molar-refractivity contribution in [2.75, 3.05) is 39.3 Å². The van der Waals surface area contributed by atoms with E-state index in [0.29, 0.717) is 0 Å². The minimum atomic E-state index is 0.849. The van der Waals surface area contributed by atoms with Crippen molar-refractivity contribution in [2.45, 2.75) is 32.4 Å². The van der Waals surface area contributed by atoms with E-state index in [1.54, 1.807) is 0 Å². The first kappa shape index (κ1) is 21.4. The number of hydrogen-bond acceptors (Lipinski definition) is 6. The second-order valence-electron chi connectivity index (χ2n) is 6.56. The average molecular weight is 371 g/mol. The third-order valence-electron chi connectivity index (χ3n) is 4.19. The number of hydrogen-bond donors (Lipinski definition) is 4. The molecule has 27 heavy (non-hydrogen) atoms. The summed E-state index contributed by atoms with van der Waals surface area (Å²) in [7, 11) is 0. The molecule has 6 heteroatoms. The maximum absolute atomic E-state index is 4.30. The summed E-state index contributed by atoms with van der Waals surface area (Å²) in [5.74, 6) is 0. The Hall–Kier alpha value is -1.86. The number of nitrogens with one attached hydrogen (secondary N) is 4. The number of aromatic nitrogens is 2. The Balaban J connectivity index is 1.26. The molecule has 4 N–H and O–H groups in total. The van der Waals surface area contributed by atoms with Gasteiger partial charge in [0.05, 0.1) is 11.4 Å². The monoisotopic (exact) mass is 370 g/mol. The molecule has 0 saturated heterocycles. The summed E-state index contributed by atoms with van der Waals surface area (Å²) in [5.41, 5.74) is 2.20. The highest BCUT2D eigenvalue weighted by Crippen LogP contribution is 1.92. The van der Waals surface area contributed by atoms with Crippen molar-refractivity contribution >= 4 is 0 Å². The van der Waals surface area contributed by atoms with Crippen LogP contribution in [0.2, 0.25) is 0 Å². The lowest BCUT2D eigenvalue weighted by Crippen LogP contribution is -2.26. The quantitative estimate of drug-likeness (QED) is 0.337. The van der Waals surface area contributed by atoms with Crippen LogP contribution in [0.3, 0.4) is 0 Å². The van der Waals surface area contributed by atoms with E-state index >= 15 is 0 Å². The Kier molecular flexibility index (Phi) is 12.1. The van der Waals surface area contributed by atoms with Crippen LogP contribution in [0.1, 0.15) is 30.7 Å². The SMILES string of the molecule is c1ccc(CNCCCNCCCNCCCNCc2ccccn2)nc1. The molecule has 0 aliphatic heterocycles. The van der Waals surface area contributed by atoms with Crippen molar-refractivity contribution in [1.29, 1.82) is 0 Å². The van der Waals surface area contributed by atoms with Gasteiger partial charge in [-0.2, -0.15) is 0 Å². The molecule has 0 bridgehead atoms. The Bertz CT molecular complexity index is 512. The van der Waals surface area contributed by atoms with Gasteiger partial charge in [0.2, 0.25) is 0 Å². The molecule has 2 heterocycles. The lowest BCUT2D eigenvalue weighted by Gasteiger charge is -2.08. The van der Waals surface area contributed by atoms with E-state index in [4.69, 9.17) is 0 Å². The third kappa shape index (κ3) is 11.5. The molecule has 2 aromatic rings. The van der Waals surface area contributed by atoms with Crippen molar-refractivity contribution < 1.29 is 0 Å². The van der Waals surface area contributed by atoms with Crippen LogP contribution in [0.15, 0.2) is 48.8 Å². The molecule has 2 aromatic heterocycles. The highest BCUT2D eigenvalue weighted by atomic mass is 14.9. The second kappa shape index (κ2) is 15.2. The molecule has 0 aliphatic rings. The van der Waals surface area contributed by atoms with Gasteiger partial charge in [0.15, 0.2) is 0 Å². The van der Waals surface area contributed by atoms with Gasteiger partial charge in [-0.15, -0.1) is 0 Å². The summed E-state index contributed by atoms with van der Waals surface area (Å²) >= 11 is 0. The summed E-state index contributed by atoms with van der Waals surface area (Å²) in [6.07, 6.45) is 7.13. The van der Waals surface area contributed by atoms with Crippen LogP contribution >= 0.6 is 0 Å². The van der Waals surface area contributed by atoms with Gasteiger partial charge in [-0.05, 0) is 82.8 Å². The Labute approximate surface area is 163 Å². The van der Waals surface area contributed by atoms with E-state index in [9.17, 15) is 0 Å². The van der Waals surface area contributed by atoms with E-state index in [1.807, 2.05) is 36.7 Å². The third-order valence-corrected chi connectivity index (χ3v) is 4.19. The predicted octanol–water partition coefficient (Wildman–Crippen LogP) is 1.71. The van der Waals surface area contributed by atoms with Crippen LogP contribution in [0.25, 0.3) is 0 Å². The summed E-state index contributed by atoms with van der Waals surface area (Å²) < 4.78 is 0. The maximum Gasteiger partial charge on any atom is 0.0541 e. The van der Waals surface area contributed by atoms with E-state index in [1.165, 1.54) is 6.42 Å². The van der Waals surface area contributed by atoms with Gasteiger partial charge < -0.3 is 21.3 Å². The molecule has 148 valence electrons. The minimum Gasteiger partial charge on any atom is -0.317 e. The molecule has 0 fully saturated rings. The van der Waals surface area contributed by atoms with Gasteiger partial charge in [-0.25, -0.2) is 0 Å². The topological polar surface area (TPSA) is 73.9 Å². The highest BCUT2D eigenvalue weighted by molar-refractivity contribution is 5.03. The normalized spacial score (nSPS) is 11.0. The first-order valence-corrected chi connectivity index (χ1v) is 10.1. The van der Waals surface area contributed by atoms with Gasteiger partial charge in [0.25, 0.3) is 0 Å². The summed E-state index contributed by atoms with van der Waals surface area (Å²) in [5, 5.41) is 13.8. The molecule has 6 nitrogen and oxygen atoms in total. The molecule has 2 rings (SSSR count). The van der Waals surface area contributed by atoms with Crippen LogP contribution in [0.5, 0.6) is 0 Å². The smallest absolute Gasteiger partial charge is 0.0541 e. The van der Waals surface area contributed by atoms with Gasteiger partial charge in [-0.3, -0.25) is 9.97 Å². The van der Waals surface area contributed by atoms with Gasteiger partial charge in [0, 0.05) is 25.5 Å². The van der Waals surface area contributed by atoms with Crippen LogP contribution in [-0.4, -0.2) is 49.2 Å². The lowest BCUT2D eigenvalue weighted by molar-refractivity contribution is 0.549. The van der Waals surface area contributed by atoms with Crippen LogP contribution < -0.4 is 21.3 Å². The van der Waals surface area contributed by atoms with E-state index < -0.39 is 0 Å². The van der Waals surface area contributed by atoms with Crippen LogP contribution in [-0.2, 0) is 13.1 Å². The number of nitrogens with zero attached hydrogens (tertiary/aromatic N) is 2. The van der Waals surface area contributed by atoms with Crippen molar-refractivity contribution in [3.8, 4) is 0 Å². The van der Waals surface area contributed by atoms with E-state index in [-0.39, 0.29) is 0 Å². The molecular weight excluding hydrogens is 336 g/mol. The van der Waals surface area contributed by atoms with E-state index in [0.717, 1.165) is 76.6 Å². The zero-order chi connectivity index (χ0) is 18.8. The zero-order valence-corrected chi connectivity index (χ0v) is 16.3. The Morgan fingerprint density at radius 1 is 0.519 bits per heavy atom. The first-order valence-electron chi connectivity index (χ1n) is 10.1. The standard InChI is InChI=1S/C21H34N6/c1-3-16-26-20(8-1)18-24-14-6-12-22-10-5-11-23-13-7-15-25-19-21-9-2-4-17-27-21/h1-4,8-9,16-17,22-25H,5-7,10-15,18-19H2. The summed E-state index contributed by atoms with van der Waals surface area (Å²) in [6, 6.07) is 12.0. The average Bonchev–Trinajstić information content (AvgIpc) is 2.72. The van der Waals surface area contributed by atoms with E-state index in [2.05, 4.69) is 43.4 Å². The molecule has 0 radical (unpaired) electrons. The summed E-state index contributed by atoms with van der Waals surface area (Å²) in [4.78, 5) is 8.60. The zero-order valence-electron chi connectivity index (χ0n) is 16.3. The van der Waals surface area contributed by atoms with Crippen LogP contribution in [0, 0.1) is 0 Å². The highest BCUT2D eigenvalue weighted by Gasteiger charge is 1.94. The number of rotatable bonds is 16. The predicted molar refractivity (Wildman–Crippen MR) is 111 cm³/mol. The largest absolute Gasteiger partial charge is 0.317 e. The summed E-state index contributed by atoms with van der Waals surface area (Å²) in [6.45, 7) is 8.01. The first-order chi connectivity index (χ1) is 13.4. The molecule has 0 aliphatic carbocycles. The lowest BCUT2D eigenvalue weighted by atomic mass is 10.3.